The lowest BCUT2D eigenvalue weighted by atomic mass is 10.2. The van der Waals surface area contributed by atoms with Gasteiger partial charge in [-0.1, -0.05) is 0 Å². The molecule has 1 unspecified atom stereocenters. The van der Waals surface area contributed by atoms with E-state index in [1.165, 1.54) is 0 Å². The summed E-state index contributed by atoms with van der Waals surface area (Å²) in [5, 5.41) is 16.0. The molecule has 1 radical (unpaired) electrons. The van der Waals surface area contributed by atoms with Crippen LogP contribution in [0.2, 0.25) is 0 Å². The van der Waals surface area contributed by atoms with Gasteiger partial charge in [-0.15, -0.1) is 0 Å². The zero-order valence-electron chi connectivity index (χ0n) is 5.51. The minimum atomic E-state index is 0.271. The molecule has 1 aliphatic rings. The Morgan fingerprint density at radius 3 is 3.11 bits per heavy atom. The third-order valence-corrected chi connectivity index (χ3v) is 1.53. The van der Waals surface area contributed by atoms with E-state index < -0.39 is 0 Å². The summed E-state index contributed by atoms with van der Waals surface area (Å²) in [6.07, 6.45) is 0.837. The molecule has 0 spiro atoms. The zero-order chi connectivity index (χ0) is 6.53. The van der Waals surface area contributed by atoms with Gasteiger partial charge in [-0.3, -0.25) is 0 Å². The Balaban J connectivity index is 2.08. The normalized spacial score (nSPS) is 28.3. The third kappa shape index (κ3) is 2.30. The van der Waals surface area contributed by atoms with Crippen molar-refractivity contribution in [1.82, 2.24) is 10.6 Å². The summed E-state index contributed by atoms with van der Waals surface area (Å²) in [6, 6.07) is 0.434. The van der Waals surface area contributed by atoms with Crippen molar-refractivity contribution in [3.63, 3.8) is 0 Å². The van der Waals surface area contributed by atoms with E-state index in [0.29, 0.717) is 6.04 Å². The molecular weight excluding hydrogens is 116 g/mol. The third-order valence-electron chi connectivity index (χ3n) is 1.53. The van der Waals surface area contributed by atoms with E-state index in [2.05, 4.69) is 10.6 Å². The molecule has 1 heterocycles. The monoisotopic (exact) mass is 129 g/mol. The number of aliphatic hydroxyl groups excluding tert-OH is 1. The highest BCUT2D eigenvalue weighted by atomic mass is 16.3. The molecular formula is C6H13N2O. The maximum atomic E-state index is 8.54. The fourth-order valence-electron chi connectivity index (χ4n) is 1.01. The summed E-state index contributed by atoms with van der Waals surface area (Å²) in [4.78, 5) is 0. The molecule has 1 aliphatic heterocycles. The number of nitrogens with zero attached hydrogens (tertiary/aromatic N) is 1. The number of nitrogens with one attached hydrogen (secondary N) is 1. The van der Waals surface area contributed by atoms with Crippen LogP contribution in [0.4, 0.5) is 0 Å². The highest BCUT2D eigenvalue weighted by Gasteiger charge is 2.10. The van der Waals surface area contributed by atoms with E-state index in [-0.39, 0.29) is 6.61 Å². The predicted octanol–water partition coefficient (Wildman–Crippen LogP) is -1.05. The van der Waals surface area contributed by atoms with Gasteiger partial charge in [-0.2, -0.15) is 0 Å². The summed E-state index contributed by atoms with van der Waals surface area (Å²) >= 11 is 0. The largest absolute Gasteiger partial charge is 0.396 e. The number of aliphatic hydroxyl groups is 1. The summed E-state index contributed by atoms with van der Waals surface area (Å²) in [7, 11) is 0. The Kier molecular flexibility index (Phi) is 2.97. The van der Waals surface area contributed by atoms with Gasteiger partial charge in [-0.05, 0) is 6.42 Å². The SMILES string of the molecule is OCCC1C[N]CCN1. The van der Waals surface area contributed by atoms with Gasteiger partial charge in [0.2, 0.25) is 0 Å². The first-order chi connectivity index (χ1) is 4.43. The molecule has 0 aliphatic carbocycles. The first-order valence-electron chi connectivity index (χ1n) is 3.41. The van der Waals surface area contributed by atoms with Crippen LogP contribution in [0.3, 0.4) is 0 Å². The molecule has 3 nitrogen and oxygen atoms in total. The smallest absolute Gasteiger partial charge is 0.0446 e. The van der Waals surface area contributed by atoms with E-state index in [1.54, 1.807) is 0 Å². The fourth-order valence-corrected chi connectivity index (χ4v) is 1.01. The molecule has 9 heavy (non-hydrogen) atoms. The fraction of sp³-hybridized carbons (Fsp3) is 1.00. The van der Waals surface area contributed by atoms with Gasteiger partial charge in [0.25, 0.3) is 0 Å². The first kappa shape index (κ1) is 6.99. The van der Waals surface area contributed by atoms with Gasteiger partial charge in [0.05, 0.1) is 0 Å². The minimum Gasteiger partial charge on any atom is -0.396 e. The van der Waals surface area contributed by atoms with Gasteiger partial charge in [0.15, 0.2) is 0 Å². The summed E-state index contributed by atoms with van der Waals surface area (Å²) in [5.41, 5.74) is 0. The summed E-state index contributed by atoms with van der Waals surface area (Å²) in [6.45, 7) is 3.06. The van der Waals surface area contributed by atoms with Crippen LogP contribution in [0, 0.1) is 0 Å². The van der Waals surface area contributed by atoms with Crippen molar-refractivity contribution < 1.29 is 5.11 Å². The van der Waals surface area contributed by atoms with Crippen LogP contribution in [-0.2, 0) is 0 Å². The van der Waals surface area contributed by atoms with Crippen LogP contribution >= 0.6 is 0 Å². The van der Waals surface area contributed by atoms with Gasteiger partial charge < -0.3 is 10.4 Å². The highest BCUT2D eigenvalue weighted by molar-refractivity contribution is 4.73. The van der Waals surface area contributed by atoms with Crippen molar-refractivity contribution >= 4 is 0 Å². The summed E-state index contributed by atoms with van der Waals surface area (Å²) < 4.78 is 0. The molecule has 1 saturated heterocycles. The molecule has 0 aromatic carbocycles. The quantitative estimate of drug-likeness (QED) is 0.499. The predicted molar refractivity (Wildman–Crippen MR) is 35.4 cm³/mol. The van der Waals surface area contributed by atoms with Crippen LogP contribution in [0.15, 0.2) is 0 Å². The molecule has 0 saturated carbocycles. The number of rotatable bonds is 2. The second kappa shape index (κ2) is 3.82. The molecule has 1 rings (SSSR count). The van der Waals surface area contributed by atoms with Crippen molar-refractivity contribution in [2.75, 3.05) is 26.2 Å². The van der Waals surface area contributed by atoms with E-state index >= 15 is 0 Å². The zero-order valence-corrected chi connectivity index (χ0v) is 5.51. The molecule has 0 aromatic heterocycles. The second-order valence-corrected chi connectivity index (χ2v) is 2.29. The Labute approximate surface area is 55.5 Å². The van der Waals surface area contributed by atoms with Crippen molar-refractivity contribution in [2.45, 2.75) is 12.5 Å². The first-order valence-corrected chi connectivity index (χ1v) is 3.41. The molecule has 1 atom stereocenters. The molecule has 0 bridgehead atoms. The molecule has 2 N–H and O–H groups in total. The van der Waals surface area contributed by atoms with Gasteiger partial charge >= 0.3 is 0 Å². The number of hydrogen-bond acceptors (Lipinski definition) is 2. The Morgan fingerprint density at radius 2 is 2.56 bits per heavy atom. The number of hydrogen-bond donors (Lipinski definition) is 2. The average molecular weight is 129 g/mol. The molecule has 3 heteroatoms. The lowest BCUT2D eigenvalue weighted by Crippen LogP contribution is -2.45. The molecule has 1 fully saturated rings. The number of piperazine rings is 1. The Bertz CT molecular complexity index is 68.7. The van der Waals surface area contributed by atoms with Crippen LogP contribution in [0.25, 0.3) is 0 Å². The maximum absolute atomic E-state index is 8.54. The van der Waals surface area contributed by atoms with Crippen molar-refractivity contribution in [3.05, 3.63) is 0 Å². The van der Waals surface area contributed by atoms with Crippen LogP contribution < -0.4 is 10.6 Å². The van der Waals surface area contributed by atoms with Crippen LogP contribution in [-0.4, -0.2) is 37.4 Å². The van der Waals surface area contributed by atoms with Gasteiger partial charge in [0, 0.05) is 32.3 Å². The Morgan fingerprint density at radius 1 is 1.67 bits per heavy atom. The van der Waals surface area contributed by atoms with Gasteiger partial charge in [0.1, 0.15) is 0 Å². The lowest BCUT2D eigenvalue weighted by molar-refractivity contribution is 0.254. The lowest BCUT2D eigenvalue weighted by Gasteiger charge is -2.21. The average Bonchev–Trinajstić information content (AvgIpc) is 1.91. The standard InChI is InChI=1S/C6H13N2O/c9-4-1-6-5-7-2-3-8-6/h6,8-9H,1-5H2. The van der Waals surface area contributed by atoms with E-state index in [9.17, 15) is 0 Å². The van der Waals surface area contributed by atoms with Gasteiger partial charge in [-0.25, -0.2) is 5.32 Å². The van der Waals surface area contributed by atoms with E-state index in [0.717, 1.165) is 26.1 Å². The van der Waals surface area contributed by atoms with E-state index in [4.69, 9.17) is 5.11 Å². The van der Waals surface area contributed by atoms with Crippen molar-refractivity contribution in [2.24, 2.45) is 0 Å². The second-order valence-electron chi connectivity index (χ2n) is 2.29. The topological polar surface area (TPSA) is 46.4 Å². The van der Waals surface area contributed by atoms with Crippen molar-refractivity contribution in [1.29, 1.82) is 0 Å². The molecule has 53 valence electrons. The summed E-state index contributed by atoms with van der Waals surface area (Å²) in [5.74, 6) is 0. The Hall–Kier alpha value is -0.120. The highest BCUT2D eigenvalue weighted by Crippen LogP contribution is 1.92. The maximum Gasteiger partial charge on any atom is 0.0446 e. The van der Waals surface area contributed by atoms with Crippen molar-refractivity contribution in [3.8, 4) is 0 Å². The molecule has 0 aromatic rings. The molecule has 0 amide bonds. The minimum absolute atomic E-state index is 0.271. The van der Waals surface area contributed by atoms with Crippen LogP contribution in [0.1, 0.15) is 6.42 Å². The van der Waals surface area contributed by atoms with Crippen LogP contribution in [0.5, 0.6) is 0 Å². The van der Waals surface area contributed by atoms with E-state index in [1.807, 2.05) is 0 Å².